The molecule has 0 aromatic carbocycles. The number of sulfonamides is 1. The summed E-state index contributed by atoms with van der Waals surface area (Å²) in [6, 6.07) is 0. The first-order valence-electron chi connectivity index (χ1n) is 6.18. The average molecular weight is 304 g/mol. The molecule has 9 nitrogen and oxygen atoms in total. The van der Waals surface area contributed by atoms with Crippen molar-refractivity contribution < 1.29 is 23.1 Å². The molecular formula is C10H16N4O5S. The third kappa shape index (κ3) is 4.25. The molecule has 0 amide bonds. The second kappa shape index (κ2) is 6.29. The van der Waals surface area contributed by atoms with Gasteiger partial charge in [0, 0.05) is 13.2 Å². The molecule has 1 atom stereocenters. The summed E-state index contributed by atoms with van der Waals surface area (Å²) in [6.07, 6.45) is 2.65. The number of ether oxygens (including phenoxy) is 1. The third-order valence-corrected chi connectivity index (χ3v) is 4.30. The molecule has 1 unspecified atom stereocenters. The van der Waals surface area contributed by atoms with Crippen LogP contribution in [0, 0.1) is 0 Å². The van der Waals surface area contributed by atoms with Gasteiger partial charge in [0.2, 0.25) is 10.0 Å². The lowest BCUT2D eigenvalue weighted by Gasteiger charge is -2.10. The van der Waals surface area contributed by atoms with Gasteiger partial charge in [0.15, 0.2) is 5.69 Å². The molecule has 112 valence electrons. The summed E-state index contributed by atoms with van der Waals surface area (Å²) in [5.41, 5.74) is -0.174. The van der Waals surface area contributed by atoms with E-state index in [2.05, 4.69) is 15.0 Å². The van der Waals surface area contributed by atoms with Crippen molar-refractivity contribution in [2.24, 2.45) is 0 Å². The Kier molecular flexibility index (Phi) is 4.68. The summed E-state index contributed by atoms with van der Waals surface area (Å²) in [7, 11) is -3.40. The van der Waals surface area contributed by atoms with E-state index in [-0.39, 0.29) is 30.6 Å². The van der Waals surface area contributed by atoms with Crippen LogP contribution >= 0.6 is 0 Å². The molecule has 1 aliphatic heterocycles. The summed E-state index contributed by atoms with van der Waals surface area (Å²) >= 11 is 0. The van der Waals surface area contributed by atoms with E-state index < -0.39 is 16.0 Å². The Morgan fingerprint density at radius 2 is 2.40 bits per heavy atom. The lowest BCUT2D eigenvalue weighted by atomic mass is 10.3. The minimum atomic E-state index is -3.40. The van der Waals surface area contributed by atoms with Gasteiger partial charge in [-0.25, -0.2) is 17.9 Å². The van der Waals surface area contributed by atoms with Crippen LogP contribution in [-0.2, 0) is 21.3 Å². The standard InChI is InChI=1S/C10H16N4O5S/c15-10(16)9-6-14(13-12-9)4-3-11-20(17,18)7-8-2-1-5-19-8/h6,8,11H,1-5,7H2,(H,15,16). The van der Waals surface area contributed by atoms with Gasteiger partial charge in [-0.05, 0) is 12.8 Å². The topological polar surface area (TPSA) is 123 Å². The SMILES string of the molecule is O=C(O)c1cn(CCNS(=O)(=O)CC2CCCO2)nn1. The second-order valence-electron chi connectivity index (χ2n) is 4.48. The molecule has 1 aromatic heterocycles. The molecule has 1 aromatic rings. The number of nitrogens with zero attached hydrogens (tertiary/aromatic N) is 3. The van der Waals surface area contributed by atoms with Crippen molar-refractivity contribution in [2.75, 3.05) is 18.9 Å². The van der Waals surface area contributed by atoms with E-state index in [0.29, 0.717) is 6.61 Å². The molecule has 1 saturated heterocycles. The third-order valence-electron chi connectivity index (χ3n) is 2.85. The first-order chi connectivity index (χ1) is 9.46. The molecular weight excluding hydrogens is 288 g/mol. The molecule has 1 aliphatic rings. The molecule has 2 heterocycles. The maximum atomic E-state index is 11.8. The van der Waals surface area contributed by atoms with Crippen LogP contribution in [0.4, 0.5) is 0 Å². The van der Waals surface area contributed by atoms with E-state index in [9.17, 15) is 13.2 Å². The van der Waals surface area contributed by atoms with Crippen LogP contribution in [0.15, 0.2) is 6.20 Å². The summed E-state index contributed by atoms with van der Waals surface area (Å²) in [5.74, 6) is -1.22. The summed E-state index contributed by atoms with van der Waals surface area (Å²) < 4.78 is 32.5. The van der Waals surface area contributed by atoms with Crippen LogP contribution in [0.2, 0.25) is 0 Å². The Morgan fingerprint density at radius 3 is 3.00 bits per heavy atom. The average Bonchev–Trinajstić information content (AvgIpc) is 2.99. The first kappa shape index (κ1) is 14.9. The highest BCUT2D eigenvalue weighted by Gasteiger charge is 2.22. The minimum absolute atomic E-state index is 0.0509. The molecule has 0 bridgehead atoms. The van der Waals surface area contributed by atoms with Gasteiger partial charge in [0.1, 0.15) is 0 Å². The number of nitrogens with one attached hydrogen (secondary N) is 1. The molecule has 20 heavy (non-hydrogen) atoms. The fourth-order valence-electron chi connectivity index (χ4n) is 1.90. The molecule has 2 N–H and O–H groups in total. The zero-order valence-corrected chi connectivity index (χ0v) is 11.5. The van der Waals surface area contributed by atoms with Crippen LogP contribution in [0.25, 0.3) is 0 Å². The largest absolute Gasteiger partial charge is 0.476 e. The van der Waals surface area contributed by atoms with Gasteiger partial charge in [-0.1, -0.05) is 5.21 Å². The molecule has 10 heteroatoms. The number of carbonyl (C=O) groups is 1. The minimum Gasteiger partial charge on any atom is -0.476 e. The van der Waals surface area contributed by atoms with Crippen molar-refractivity contribution >= 4 is 16.0 Å². The highest BCUT2D eigenvalue weighted by atomic mass is 32.2. The Morgan fingerprint density at radius 1 is 1.60 bits per heavy atom. The van der Waals surface area contributed by atoms with E-state index in [1.165, 1.54) is 10.9 Å². The van der Waals surface area contributed by atoms with E-state index >= 15 is 0 Å². The highest BCUT2D eigenvalue weighted by Crippen LogP contribution is 2.13. The van der Waals surface area contributed by atoms with Crippen LogP contribution in [-0.4, -0.2) is 59.5 Å². The fourth-order valence-corrected chi connectivity index (χ4v) is 3.17. The van der Waals surface area contributed by atoms with Crippen molar-refractivity contribution in [3.8, 4) is 0 Å². The van der Waals surface area contributed by atoms with Gasteiger partial charge in [0.25, 0.3) is 0 Å². The molecule has 0 saturated carbocycles. The smallest absolute Gasteiger partial charge is 0.358 e. The number of aromatic carboxylic acids is 1. The lowest BCUT2D eigenvalue weighted by molar-refractivity contribution is 0.0690. The van der Waals surface area contributed by atoms with Crippen molar-refractivity contribution in [1.82, 2.24) is 19.7 Å². The van der Waals surface area contributed by atoms with E-state index in [0.717, 1.165) is 12.8 Å². The van der Waals surface area contributed by atoms with Gasteiger partial charge in [-0.3, -0.25) is 4.68 Å². The molecule has 2 rings (SSSR count). The Balaban J connectivity index is 1.77. The summed E-state index contributed by atoms with van der Waals surface area (Å²) in [4.78, 5) is 10.6. The van der Waals surface area contributed by atoms with Crippen LogP contribution in [0.3, 0.4) is 0 Å². The lowest BCUT2D eigenvalue weighted by Crippen LogP contribution is -2.34. The van der Waals surface area contributed by atoms with Crippen molar-refractivity contribution in [2.45, 2.75) is 25.5 Å². The number of aromatic nitrogens is 3. The predicted molar refractivity (Wildman–Crippen MR) is 67.7 cm³/mol. The number of carboxylic acid groups (broad SMARTS) is 1. The maximum absolute atomic E-state index is 11.8. The van der Waals surface area contributed by atoms with E-state index in [1.807, 2.05) is 0 Å². The quantitative estimate of drug-likeness (QED) is 0.667. The van der Waals surface area contributed by atoms with Gasteiger partial charge in [-0.2, -0.15) is 0 Å². The number of hydrogen-bond acceptors (Lipinski definition) is 6. The number of rotatable bonds is 7. The van der Waals surface area contributed by atoms with E-state index in [1.54, 1.807) is 0 Å². The van der Waals surface area contributed by atoms with Gasteiger partial charge in [0.05, 0.1) is 24.6 Å². The van der Waals surface area contributed by atoms with Crippen LogP contribution in [0.5, 0.6) is 0 Å². The van der Waals surface area contributed by atoms with E-state index in [4.69, 9.17) is 9.84 Å². The fraction of sp³-hybridized carbons (Fsp3) is 0.700. The molecule has 0 aliphatic carbocycles. The zero-order valence-electron chi connectivity index (χ0n) is 10.7. The number of carboxylic acids is 1. The number of hydrogen-bond donors (Lipinski definition) is 2. The van der Waals surface area contributed by atoms with Gasteiger partial charge >= 0.3 is 5.97 Å². The van der Waals surface area contributed by atoms with Crippen molar-refractivity contribution in [1.29, 1.82) is 0 Å². The highest BCUT2D eigenvalue weighted by molar-refractivity contribution is 7.89. The zero-order chi connectivity index (χ0) is 14.6. The summed E-state index contributed by atoms with van der Waals surface area (Å²) in [6.45, 7) is 0.944. The van der Waals surface area contributed by atoms with Gasteiger partial charge in [-0.15, -0.1) is 5.10 Å². The van der Waals surface area contributed by atoms with Crippen molar-refractivity contribution in [3.05, 3.63) is 11.9 Å². The Labute approximate surface area is 116 Å². The summed E-state index contributed by atoms with van der Waals surface area (Å²) in [5, 5.41) is 15.7. The van der Waals surface area contributed by atoms with Gasteiger partial charge < -0.3 is 9.84 Å². The molecule has 0 spiro atoms. The Bertz CT molecular complexity index is 564. The monoisotopic (exact) mass is 304 g/mol. The first-order valence-corrected chi connectivity index (χ1v) is 7.84. The van der Waals surface area contributed by atoms with Crippen molar-refractivity contribution in [3.63, 3.8) is 0 Å². The predicted octanol–water partition coefficient (Wildman–Crippen LogP) is -0.925. The normalized spacial score (nSPS) is 19.3. The Hall–Kier alpha value is -1.52. The molecule has 1 fully saturated rings. The second-order valence-corrected chi connectivity index (χ2v) is 6.33. The van der Waals surface area contributed by atoms with Crippen LogP contribution in [0.1, 0.15) is 23.3 Å². The maximum Gasteiger partial charge on any atom is 0.358 e. The molecule has 0 radical (unpaired) electrons. The van der Waals surface area contributed by atoms with Crippen LogP contribution < -0.4 is 4.72 Å².